The van der Waals surface area contributed by atoms with E-state index >= 15 is 0 Å². The summed E-state index contributed by atoms with van der Waals surface area (Å²) < 4.78 is 11.1. The van der Waals surface area contributed by atoms with Gasteiger partial charge in [0.25, 0.3) is 0 Å². The number of amides is 2. The minimum atomic E-state index is -0.594. The van der Waals surface area contributed by atoms with Gasteiger partial charge in [0.15, 0.2) is 0 Å². The second-order valence-electron chi connectivity index (χ2n) is 7.81. The number of nitrogens with zero attached hydrogens (tertiary/aromatic N) is 1. The van der Waals surface area contributed by atoms with Gasteiger partial charge in [-0.15, -0.1) is 0 Å². The maximum absolute atomic E-state index is 13.2. The molecule has 4 rings (SSSR count). The second-order valence-corrected chi connectivity index (χ2v) is 7.81. The molecule has 0 radical (unpaired) electrons. The molecule has 2 aromatic rings. The minimum Gasteiger partial charge on any atom is -0.378 e. The molecule has 0 bridgehead atoms. The highest BCUT2D eigenvalue weighted by molar-refractivity contribution is 5.89. The minimum absolute atomic E-state index is 0.0449. The third kappa shape index (κ3) is 4.97. The fourth-order valence-electron chi connectivity index (χ4n) is 4.15. The Morgan fingerprint density at radius 1 is 1.17 bits per heavy atom. The highest BCUT2D eigenvalue weighted by Crippen LogP contribution is 2.20. The second kappa shape index (κ2) is 9.41. The maximum atomic E-state index is 13.2. The topological polar surface area (TPSA) is 83.7 Å². The average molecular weight is 399 g/mol. The molecular formula is C22H29N3O4. The van der Waals surface area contributed by atoms with Crippen LogP contribution >= 0.6 is 0 Å². The van der Waals surface area contributed by atoms with Crippen LogP contribution in [0.15, 0.2) is 30.5 Å². The largest absolute Gasteiger partial charge is 0.378 e. The van der Waals surface area contributed by atoms with E-state index in [0.29, 0.717) is 45.8 Å². The number of H-pyrrole nitrogens is 1. The average Bonchev–Trinajstić information content (AvgIpc) is 3.17. The van der Waals surface area contributed by atoms with Gasteiger partial charge in [0.1, 0.15) is 6.04 Å². The zero-order chi connectivity index (χ0) is 20.1. The number of hydrogen-bond acceptors (Lipinski definition) is 4. The Morgan fingerprint density at radius 2 is 2.00 bits per heavy atom. The monoisotopic (exact) mass is 399 g/mol. The lowest BCUT2D eigenvalue weighted by molar-refractivity contribution is -0.140. The Morgan fingerprint density at radius 3 is 2.79 bits per heavy atom. The lowest BCUT2D eigenvalue weighted by Gasteiger charge is -2.31. The van der Waals surface area contributed by atoms with Crippen LogP contribution in [0.2, 0.25) is 0 Å². The molecule has 0 saturated carbocycles. The third-order valence-electron chi connectivity index (χ3n) is 5.74. The first-order chi connectivity index (χ1) is 14.2. The van der Waals surface area contributed by atoms with Crippen LogP contribution in [0.3, 0.4) is 0 Å². The van der Waals surface area contributed by atoms with Crippen molar-refractivity contribution in [2.45, 2.75) is 44.2 Å². The molecule has 0 spiro atoms. The summed E-state index contributed by atoms with van der Waals surface area (Å²) in [5.74, 6) is -0.167. The van der Waals surface area contributed by atoms with Crippen molar-refractivity contribution >= 4 is 22.7 Å². The van der Waals surface area contributed by atoms with Crippen LogP contribution in [0, 0.1) is 0 Å². The van der Waals surface area contributed by atoms with Gasteiger partial charge in [-0.05, 0) is 30.9 Å². The van der Waals surface area contributed by atoms with Crippen LogP contribution in [-0.4, -0.2) is 66.8 Å². The SMILES string of the molecule is O=C(CC1CCCCO1)NC(Cc1c[nH]c2ccccc12)C(=O)N1CCOCC1. The van der Waals surface area contributed by atoms with Gasteiger partial charge in [0.2, 0.25) is 11.8 Å². The summed E-state index contributed by atoms with van der Waals surface area (Å²) in [5, 5.41) is 4.08. The Hall–Kier alpha value is -2.38. The molecule has 156 valence electrons. The Kier molecular flexibility index (Phi) is 6.46. The first-order valence-electron chi connectivity index (χ1n) is 10.5. The van der Waals surface area contributed by atoms with E-state index in [-0.39, 0.29) is 17.9 Å². The molecule has 7 nitrogen and oxygen atoms in total. The number of rotatable bonds is 6. The van der Waals surface area contributed by atoms with Crippen LogP contribution in [0.25, 0.3) is 10.9 Å². The molecule has 2 N–H and O–H groups in total. The van der Waals surface area contributed by atoms with Gasteiger partial charge < -0.3 is 24.7 Å². The number of hydrogen-bond donors (Lipinski definition) is 2. The number of para-hydroxylation sites is 1. The quantitative estimate of drug-likeness (QED) is 0.778. The maximum Gasteiger partial charge on any atom is 0.245 e. The number of nitrogens with one attached hydrogen (secondary N) is 2. The Labute approximate surface area is 170 Å². The van der Waals surface area contributed by atoms with Crippen molar-refractivity contribution in [1.29, 1.82) is 0 Å². The first kappa shape index (κ1) is 19.9. The summed E-state index contributed by atoms with van der Waals surface area (Å²) in [4.78, 5) is 31.0. The molecular weight excluding hydrogens is 370 g/mol. The van der Waals surface area contributed by atoms with E-state index in [1.165, 1.54) is 0 Å². The summed E-state index contributed by atoms with van der Waals surface area (Å²) in [6.07, 6.45) is 5.69. The molecule has 2 aliphatic rings. The van der Waals surface area contributed by atoms with E-state index in [4.69, 9.17) is 9.47 Å². The number of ether oxygens (including phenoxy) is 2. The molecule has 2 fully saturated rings. The zero-order valence-electron chi connectivity index (χ0n) is 16.7. The summed E-state index contributed by atoms with van der Waals surface area (Å²) in [6.45, 7) is 2.91. The standard InChI is InChI=1S/C22H29N3O4/c26-21(14-17-5-3-4-10-29-17)24-20(22(27)25-8-11-28-12-9-25)13-16-15-23-19-7-2-1-6-18(16)19/h1-2,6-7,15,17,20,23H,3-5,8-14H2,(H,24,26). The predicted molar refractivity (Wildman–Crippen MR) is 110 cm³/mol. The fourth-order valence-corrected chi connectivity index (χ4v) is 4.15. The molecule has 7 heteroatoms. The molecule has 2 aliphatic heterocycles. The number of aromatic nitrogens is 1. The lowest BCUT2D eigenvalue weighted by Crippen LogP contribution is -2.53. The number of morpholine rings is 1. The molecule has 0 aliphatic carbocycles. The molecule has 2 amide bonds. The van der Waals surface area contributed by atoms with Crippen molar-refractivity contribution in [2.24, 2.45) is 0 Å². The summed E-state index contributed by atoms with van der Waals surface area (Å²) in [7, 11) is 0. The van der Waals surface area contributed by atoms with Gasteiger partial charge in [-0.3, -0.25) is 9.59 Å². The molecule has 2 atom stereocenters. The Balaban J connectivity index is 1.48. The van der Waals surface area contributed by atoms with E-state index in [2.05, 4.69) is 10.3 Å². The molecule has 2 saturated heterocycles. The van der Waals surface area contributed by atoms with Crippen molar-refractivity contribution in [3.8, 4) is 0 Å². The van der Waals surface area contributed by atoms with Gasteiger partial charge in [0.05, 0.1) is 25.7 Å². The van der Waals surface area contributed by atoms with Crippen molar-refractivity contribution in [3.63, 3.8) is 0 Å². The van der Waals surface area contributed by atoms with E-state index in [0.717, 1.165) is 35.7 Å². The van der Waals surface area contributed by atoms with Crippen LogP contribution in [0.4, 0.5) is 0 Å². The number of carbonyl (C=O) groups excluding carboxylic acids is 2. The van der Waals surface area contributed by atoms with Crippen molar-refractivity contribution in [1.82, 2.24) is 15.2 Å². The number of benzene rings is 1. The number of aromatic amines is 1. The normalized spacial score (nSPS) is 21.1. The summed E-state index contributed by atoms with van der Waals surface area (Å²) >= 11 is 0. The number of carbonyl (C=O) groups is 2. The van der Waals surface area contributed by atoms with E-state index in [9.17, 15) is 9.59 Å². The molecule has 2 unspecified atom stereocenters. The lowest BCUT2D eigenvalue weighted by atomic mass is 10.0. The van der Waals surface area contributed by atoms with Crippen LogP contribution in [-0.2, 0) is 25.5 Å². The predicted octanol–water partition coefficient (Wildman–Crippen LogP) is 2.01. The molecule has 1 aromatic heterocycles. The highest BCUT2D eigenvalue weighted by Gasteiger charge is 2.29. The highest BCUT2D eigenvalue weighted by atomic mass is 16.5. The van der Waals surface area contributed by atoms with Gasteiger partial charge in [0, 0.05) is 43.2 Å². The molecule has 3 heterocycles. The van der Waals surface area contributed by atoms with Crippen LogP contribution < -0.4 is 5.32 Å². The van der Waals surface area contributed by atoms with E-state index in [1.807, 2.05) is 30.5 Å². The van der Waals surface area contributed by atoms with Crippen molar-refractivity contribution < 1.29 is 19.1 Å². The molecule has 1 aromatic carbocycles. The Bertz CT molecular complexity index is 837. The smallest absolute Gasteiger partial charge is 0.245 e. The zero-order valence-corrected chi connectivity index (χ0v) is 16.7. The van der Waals surface area contributed by atoms with E-state index < -0.39 is 6.04 Å². The number of fused-ring (bicyclic) bond motifs is 1. The summed E-state index contributed by atoms with van der Waals surface area (Å²) in [6, 6.07) is 7.41. The van der Waals surface area contributed by atoms with Crippen molar-refractivity contribution in [2.75, 3.05) is 32.9 Å². The van der Waals surface area contributed by atoms with Crippen LogP contribution in [0.1, 0.15) is 31.2 Å². The third-order valence-corrected chi connectivity index (χ3v) is 5.74. The van der Waals surface area contributed by atoms with Gasteiger partial charge in [-0.1, -0.05) is 18.2 Å². The fraction of sp³-hybridized carbons (Fsp3) is 0.545. The van der Waals surface area contributed by atoms with Gasteiger partial charge in [-0.2, -0.15) is 0 Å². The van der Waals surface area contributed by atoms with E-state index in [1.54, 1.807) is 4.90 Å². The van der Waals surface area contributed by atoms with Crippen LogP contribution in [0.5, 0.6) is 0 Å². The summed E-state index contributed by atoms with van der Waals surface area (Å²) in [5.41, 5.74) is 2.06. The van der Waals surface area contributed by atoms with Gasteiger partial charge >= 0.3 is 0 Å². The molecule has 29 heavy (non-hydrogen) atoms. The first-order valence-corrected chi connectivity index (χ1v) is 10.5. The van der Waals surface area contributed by atoms with Gasteiger partial charge in [-0.25, -0.2) is 0 Å². The van der Waals surface area contributed by atoms with Crippen molar-refractivity contribution in [3.05, 3.63) is 36.0 Å².